The Labute approximate surface area is 150 Å². The minimum Gasteiger partial charge on any atom is -0.462 e. The fourth-order valence-corrected chi connectivity index (χ4v) is 4.04. The molecule has 1 atom stereocenters. The Morgan fingerprint density at radius 3 is 3.08 bits per heavy atom. The van der Waals surface area contributed by atoms with Gasteiger partial charge in [0.2, 0.25) is 0 Å². The molecule has 0 saturated carbocycles. The van der Waals surface area contributed by atoms with Crippen LogP contribution >= 0.6 is 11.3 Å². The number of nitrogens with one attached hydrogen (secondary N) is 2. The van der Waals surface area contributed by atoms with E-state index < -0.39 is 0 Å². The smallest absolute Gasteiger partial charge is 0.271 e. The Bertz CT molecular complexity index is 886. The van der Waals surface area contributed by atoms with Crippen LogP contribution in [0.15, 0.2) is 47.1 Å². The van der Waals surface area contributed by atoms with Crippen LogP contribution in [0.4, 0.5) is 0 Å². The van der Waals surface area contributed by atoms with Crippen molar-refractivity contribution in [3.8, 4) is 10.8 Å². The molecule has 0 radical (unpaired) electrons. The highest BCUT2D eigenvalue weighted by atomic mass is 32.1. The number of hydrogen-bond acceptors (Lipinski definition) is 5. The van der Waals surface area contributed by atoms with Gasteiger partial charge >= 0.3 is 0 Å². The fourth-order valence-electron chi connectivity index (χ4n) is 3.17. The summed E-state index contributed by atoms with van der Waals surface area (Å²) in [5, 5.41) is 7.23. The van der Waals surface area contributed by atoms with Crippen LogP contribution < -0.4 is 10.6 Å². The van der Waals surface area contributed by atoms with Crippen LogP contribution in [-0.2, 0) is 6.42 Å². The Balaban J connectivity index is 1.47. The van der Waals surface area contributed by atoms with E-state index in [1.165, 1.54) is 22.5 Å². The molecular weight excluding hydrogens is 334 g/mol. The van der Waals surface area contributed by atoms with Gasteiger partial charge in [-0.15, -0.1) is 11.3 Å². The van der Waals surface area contributed by atoms with Crippen molar-refractivity contribution < 1.29 is 9.21 Å². The van der Waals surface area contributed by atoms with E-state index in [2.05, 4.69) is 33.8 Å². The summed E-state index contributed by atoms with van der Waals surface area (Å²) in [7, 11) is 0. The molecule has 0 bridgehead atoms. The van der Waals surface area contributed by atoms with Gasteiger partial charge in [0, 0.05) is 17.5 Å². The zero-order chi connectivity index (χ0) is 17.2. The van der Waals surface area contributed by atoms with Crippen LogP contribution in [0.1, 0.15) is 32.5 Å². The van der Waals surface area contributed by atoms with Gasteiger partial charge in [0.15, 0.2) is 10.8 Å². The van der Waals surface area contributed by atoms with Gasteiger partial charge in [-0.25, -0.2) is 4.98 Å². The van der Waals surface area contributed by atoms with Crippen LogP contribution in [0.3, 0.4) is 0 Å². The molecule has 1 aromatic carbocycles. The molecule has 1 aliphatic heterocycles. The predicted molar refractivity (Wildman–Crippen MR) is 97.8 cm³/mol. The average molecular weight is 353 g/mol. The van der Waals surface area contributed by atoms with Crippen LogP contribution in [0.25, 0.3) is 10.8 Å². The normalized spacial score (nSPS) is 16.4. The van der Waals surface area contributed by atoms with E-state index in [4.69, 9.17) is 4.42 Å². The summed E-state index contributed by atoms with van der Waals surface area (Å²) in [4.78, 5) is 17.9. The highest BCUT2D eigenvalue weighted by molar-refractivity contribution is 7.15. The largest absolute Gasteiger partial charge is 0.462 e. The van der Waals surface area contributed by atoms with Gasteiger partial charge in [0.25, 0.3) is 5.91 Å². The molecule has 3 aromatic rings. The maximum Gasteiger partial charge on any atom is 0.271 e. The van der Waals surface area contributed by atoms with E-state index in [1.54, 1.807) is 6.26 Å². The molecule has 5 nitrogen and oxygen atoms in total. The number of hydrogen-bond donors (Lipinski definition) is 2. The molecule has 3 heterocycles. The van der Waals surface area contributed by atoms with Gasteiger partial charge in [-0.05, 0) is 43.1 Å². The Morgan fingerprint density at radius 1 is 1.36 bits per heavy atom. The van der Waals surface area contributed by atoms with Gasteiger partial charge in [0.1, 0.15) is 5.69 Å². The van der Waals surface area contributed by atoms with Crippen LogP contribution in [-0.4, -0.2) is 24.0 Å². The fraction of sp³-hybridized carbons (Fsp3) is 0.263. The predicted octanol–water partition coefficient (Wildman–Crippen LogP) is 3.33. The molecule has 2 N–H and O–H groups in total. The lowest BCUT2D eigenvalue weighted by atomic mass is 9.94. The first kappa shape index (κ1) is 16.1. The summed E-state index contributed by atoms with van der Waals surface area (Å²) >= 11 is 1.47. The number of benzene rings is 1. The molecule has 25 heavy (non-hydrogen) atoms. The number of aromatic nitrogens is 1. The third-order valence-electron chi connectivity index (χ3n) is 4.43. The van der Waals surface area contributed by atoms with E-state index in [-0.39, 0.29) is 11.9 Å². The van der Waals surface area contributed by atoms with E-state index in [9.17, 15) is 4.79 Å². The number of carbonyl (C=O) groups is 1. The lowest BCUT2D eigenvalue weighted by Gasteiger charge is -2.27. The third-order valence-corrected chi connectivity index (χ3v) is 5.41. The summed E-state index contributed by atoms with van der Waals surface area (Å²) in [5.41, 5.74) is 3.09. The van der Waals surface area contributed by atoms with Crippen molar-refractivity contribution >= 4 is 17.2 Å². The molecule has 0 aliphatic carbocycles. The summed E-state index contributed by atoms with van der Waals surface area (Å²) in [6.45, 7) is 3.38. The summed E-state index contributed by atoms with van der Waals surface area (Å²) < 4.78 is 5.37. The first-order valence-electron chi connectivity index (χ1n) is 8.33. The molecular formula is C19H19N3O2S. The number of carbonyl (C=O) groups excluding carboxylic acids is 1. The summed E-state index contributed by atoms with van der Waals surface area (Å²) in [5.74, 6) is 0.548. The summed E-state index contributed by atoms with van der Waals surface area (Å²) in [6.07, 6.45) is 2.64. The first-order chi connectivity index (χ1) is 12.2. The number of nitrogens with zero attached hydrogens (tertiary/aromatic N) is 1. The number of rotatable bonds is 4. The third kappa shape index (κ3) is 3.23. The zero-order valence-electron chi connectivity index (χ0n) is 13.9. The molecule has 0 spiro atoms. The van der Waals surface area contributed by atoms with Crippen molar-refractivity contribution in [2.75, 3.05) is 13.1 Å². The SMILES string of the molecule is Cc1sc(-c2ccco2)nc1C(=O)NCC1NCCc2ccccc21. The van der Waals surface area contributed by atoms with E-state index in [0.29, 0.717) is 18.0 Å². The molecule has 0 saturated heterocycles. The molecule has 4 rings (SSSR count). The van der Waals surface area contributed by atoms with Crippen molar-refractivity contribution in [3.63, 3.8) is 0 Å². The van der Waals surface area contributed by atoms with Gasteiger partial charge < -0.3 is 15.1 Å². The van der Waals surface area contributed by atoms with Gasteiger partial charge in [-0.1, -0.05) is 24.3 Å². The maximum atomic E-state index is 12.6. The molecule has 1 aliphatic rings. The Morgan fingerprint density at radius 2 is 2.24 bits per heavy atom. The quantitative estimate of drug-likeness (QED) is 0.755. The molecule has 2 aromatic heterocycles. The summed E-state index contributed by atoms with van der Waals surface area (Å²) in [6, 6.07) is 12.2. The van der Waals surface area contributed by atoms with E-state index in [1.807, 2.05) is 25.1 Å². The number of amides is 1. The highest BCUT2D eigenvalue weighted by Gasteiger charge is 2.22. The molecule has 1 unspecified atom stereocenters. The maximum absolute atomic E-state index is 12.6. The van der Waals surface area contributed by atoms with E-state index in [0.717, 1.165) is 22.9 Å². The molecule has 1 amide bonds. The monoisotopic (exact) mass is 353 g/mol. The number of furan rings is 1. The van der Waals surface area contributed by atoms with Crippen LogP contribution in [0.2, 0.25) is 0 Å². The zero-order valence-corrected chi connectivity index (χ0v) is 14.7. The van der Waals surface area contributed by atoms with E-state index >= 15 is 0 Å². The van der Waals surface area contributed by atoms with Crippen molar-refractivity contribution in [1.82, 2.24) is 15.6 Å². The lowest BCUT2D eigenvalue weighted by Crippen LogP contribution is -2.39. The van der Waals surface area contributed by atoms with Gasteiger partial charge in [-0.3, -0.25) is 4.79 Å². The second-order valence-corrected chi connectivity index (χ2v) is 7.27. The van der Waals surface area contributed by atoms with Gasteiger partial charge in [-0.2, -0.15) is 0 Å². The standard InChI is InChI=1S/C19H19N3O2S/c1-12-17(22-19(25-12)16-7-4-10-24-16)18(23)21-11-15-14-6-3-2-5-13(14)8-9-20-15/h2-7,10,15,20H,8-9,11H2,1H3,(H,21,23). The Kier molecular flexibility index (Phi) is 4.38. The van der Waals surface area contributed by atoms with Crippen molar-refractivity contribution in [2.24, 2.45) is 0 Å². The minimum absolute atomic E-state index is 0.136. The van der Waals surface area contributed by atoms with Gasteiger partial charge in [0.05, 0.1) is 6.26 Å². The number of thiazole rings is 1. The average Bonchev–Trinajstić information content (AvgIpc) is 3.29. The minimum atomic E-state index is -0.142. The lowest BCUT2D eigenvalue weighted by molar-refractivity contribution is 0.0944. The first-order valence-corrected chi connectivity index (χ1v) is 9.14. The Hall–Kier alpha value is -2.44. The molecule has 6 heteroatoms. The number of fused-ring (bicyclic) bond motifs is 1. The van der Waals surface area contributed by atoms with Crippen LogP contribution in [0, 0.1) is 6.92 Å². The van der Waals surface area contributed by atoms with Crippen molar-refractivity contribution in [2.45, 2.75) is 19.4 Å². The van der Waals surface area contributed by atoms with Crippen LogP contribution in [0.5, 0.6) is 0 Å². The second kappa shape index (κ2) is 6.82. The van der Waals surface area contributed by atoms with Crippen molar-refractivity contribution in [3.05, 3.63) is 64.4 Å². The topological polar surface area (TPSA) is 67.2 Å². The van der Waals surface area contributed by atoms with Crippen molar-refractivity contribution in [1.29, 1.82) is 0 Å². The number of aryl methyl sites for hydroxylation is 1. The molecule has 128 valence electrons. The molecule has 0 fully saturated rings. The second-order valence-electron chi connectivity index (χ2n) is 6.07. The highest BCUT2D eigenvalue weighted by Crippen LogP contribution is 2.28.